The number of hydrogen-bond acceptors (Lipinski definition) is 0. The third kappa shape index (κ3) is 2.39. The molecule has 1 unspecified atom stereocenters. The van der Waals surface area contributed by atoms with Crippen molar-refractivity contribution in [2.24, 2.45) is 0 Å². The molecule has 18 heavy (non-hydrogen) atoms. The van der Waals surface area contributed by atoms with Gasteiger partial charge in [-0.3, -0.25) is 0 Å². The van der Waals surface area contributed by atoms with Crippen LogP contribution < -0.4 is 0 Å². The van der Waals surface area contributed by atoms with Gasteiger partial charge < -0.3 is 0 Å². The van der Waals surface area contributed by atoms with Gasteiger partial charge in [0.25, 0.3) is 6.43 Å². The van der Waals surface area contributed by atoms with Crippen LogP contribution in [-0.4, -0.2) is 30.4 Å². The summed E-state index contributed by atoms with van der Waals surface area (Å²) in [6.07, 6.45) is -18.5. The summed E-state index contributed by atoms with van der Waals surface area (Å²) in [5, 5.41) is 0. The Labute approximate surface area is 92.1 Å². The molecule has 0 amide bonds. The summed E-state index contributed by atoms with van der Waals surface area (Å²) in [5.74, 6) is -6.56. The topological polar surface area (TPSA) is 0 Å². The summed E-state index contributed by atoms with van der Waals surface area (Å²) in [7, 11) is 0. The molecule has 0 radical (unpaired) electrons. The van der Waals surface area contributed by atoms with Crippen molar-refractivity contribution in [3.63, 3.8) is 0 Å². The van der Waals surface area contributed by atoms with Crippen LogP contribution in [-0.2, 0) is 0 Å². The Kier molecular flexibility index (Phi) is 4.02. The highest BCUT2D eigenvalue weighted by molar-refractivity contribution is 5.23. The van der Waals surface area contributed by atoms with Gasteiger partial charge in [0.2, 0.25) is 0 Å². The van der Waals surface area contributed by atoms with Crippen molar-refractivity contribution >= 4 is 0 Å². The molecule has 0 heterocycles. The first-order valence-corrected chi connectivity index (χ1v) is 3.78. The van der Waals surface area contributed by atoms with E-state index in [1.165, 1.54) is 6.58 Å². The molecule has 1 atom stereocenters. The molecule has 11 heteroatoms. The molecular formula is C7H3F11. The summed E-state index contributed by atoms with van der Waals surface area (Å²) >= 11 is 0. The van der Waals surface area contributed by atoms with Crippen molar-refractivity contribution in [1.82, 2.24) is 0 Å². The van der Waals surface area contributed by atoms with Crippen molar-refractivity contribution in [2.75, 3.05) is 0 Å². The zero-order valence-electron chi connectivity index (χ0n) is 7.94. The Morgan fingerprint density at radius 3 is 1.28 bits per heavy atom. The third-order valence-electron chi connectivity index (χ3n) is 1.89. The summed E-state index contributed by atoms with van der Waals surface area (Å²) in [6.45, 7) is 1.51. The van der Waals surface area contributed by atoms with Gasteiger partial charge in [0.15, 0.2) is 0 Å². The number of hydrogen-bond donors (Lipinski definition) is 0. The Hall–Kier alpha value is -1.03. The normalized spacial score (nSPS) is 17.8. The van der Waals surface area contributed by atoms with Gasteiger partial charge in [0.05, 0.1) is 5.57 Å². The fourth-order valence-electron chi connectivity index (χ4n) is 0.836. The highest BCUT2D eigenvalue weighted by atomic mass is 19.4. The van der Waals surface area contributed by atoms with Crippen LogP contribution in [0.1, 0.15) is 0 Å². The van der Waals surface area contributed by atoms with Gasteiger partial charge in [0.1, 0.15) is 0 Å². The molecule has 0 saturated carbocycles. The monoisotopic (exact) mass is 296 g/mol. The van der Waals surface area contributed by atoms with Crippen LogP contribution >= 0.6 is 0 Å². The molecule has 0 rings (SSSR count). The smallest absolute Gasteiger partial charge is 0.220 e. The van der Waals surface area contributed by atoms with Crippen molar-refractivity contribution in [3.8, 4) is 0 Å². The van der Waals surface area contributed by atoms with Crippen LogP contribution in [0.25, 0.3) is 0 Å². The van der Waals surface area contributed by atoms with Crippen LogP contribution in [0.2, 0.25) is 0 Å². The SMILES string of the molecule is C=C(C(F)(F)F)C(F)(F)C(F)(C(F)F)C(F)(F)F. The van der Waals surface area contributed by atoms with Gasteiger partial charge in [-0.1, -0.05) is 6.58 Å². The minimum atomic E-state index is -6.92. The van der Waals surface area contributed by atoms with Crippen LogP contribution in [0.5, 0.6) is 0 Å². The molecule has 0 nitrogen and oxygen atoms in total. The fraction of sp³-hybridized carbons (Fsp3) is 0.714. The molecule has 0 N–H and O–H groups in total. The van der Waals surface area contributed by atoms with Crippen LogP contribution in [0.15, 0.2) is 12.2 Å². The van der Waals surface area contributed by atoms with E-state index in [-0.39, 0.29) is 0 Å². The van der Waals surface area contributed by atoms with Gasteiger partial charge in [-0.05, 0) is 0 Å². The highest BCUT2D eigenvalue weighted by Gasteiger charge is 2.79. The van der Waals surface area contributed by atoms with Crippen molar-refractivity contribution in [2.45, 2.75) is 30.4 Å². The second kappa shape index (κ2) is 4.26. The van der Waals surface area contributed by atoms with E-state index in [2.05, 4.69) is 0 Å². The van der Waals surface area contributed by atoms with E-state index in [9.17, 15) is 48.3 Å². The van der Waals surface area contributed by atoms with Crippen molar-refractivity contribution in [3.05, 3.63) is 12.2 Å². The molecule has 0 aliphatic rings. The largest absolute Gasteiger partial charge is 0.434 e. The molecule has 0 aromatic heterocycles. The molecule has 0 saturated heterocycles. The van der Waals surface area contributed by atoms with E-state index in [0.29, 0.717) is 0 Å². The molecule has 0 aromatic rings. The van der Waals surface area contributed by atoms with E-state index >= 15 is 0 Å². The maximum absolute atomic E-state index is 12.8. The Bertz CT molecular complexity index is 321. The molecule has 0 spiro atoms. The minimum Gasteiger partial charge on any atom is -0.220 e. The lowest BCUT2D eigenvalue weighted by Gasteiger charge is -2.35. The molecule has 0 aromatic carbocycles. The zero-order chi connectivity index (χ0) is 15.2. The quantitative estimate of drug-likeness (QED) is 0.539. The number of allylic oxidation sites excluding steroid dienone is 1. The Morgan fingerprint density at radius 1 is 0.778 bits per heavy atom. The Morgan fingerprint density at radius 2 is 1.11 bits per heavy atom. The first-order chi connectivity index (χ1) is 7.60. The number of alkyl halides is 11. The number of rotatable bonds is 3. The predicted molar refractivity (Wildman–Crippen MR) is 36.0 cm³/mol. The summed E-state index contributed by atoms with van der Waals surface area (Å²) in [4.78, 5) is 0. The molecule has 0 aliphatic carbocycles. The minimum absolute atomic E-state index is 1.51. The van der Waals surface area contributed by atoms with Gasteiger partial charge >= 0.3 is 23.9 Å². The second-order valence-corrected chi connectivity index (χ2v) is 3.06. The second-order valence-electron chi connectivity index (χ2n) is 3.06. The zero-order valence-corrected chi connectivity index (χ0v) is 7.94. The predicted octanol–water partition coefficient (Wildman–Crippen LogP) is 4.28. The van der Waals surface area contributed by atoms with E-state index in [1.807, 2.05) is 0 Å². The molecule has 0 aliphatic heterocycles. The van der Waals surface area contributed by atoms with Crippen LogP contribution in [0.3, 0.4) is 0 Å². The lowest BCUT2D eigenvalue weighted by atomic mass is 9.91. The average molecular weight is 296 g/mol. The first kappa shape index (κ1) is 17.0. The molecule has 0 bridgehead atoms. The fourth-order valence-corrected chi connectivity index (χ4v) is 0.836. The lowest BCUT2D eigenvalue weighted by Crippen LogP contribution is -2.62. The van der Waals surface area contributed by atoms with Gasteiger partial charge in [-0.2, -0.15) is 35.1 Å². The van der Waals surface area contributed by atoms with Crippen LogP contribution in [0, 0.1) is 0 Å². The first-order valence-electron chi connectivity index (χ1n) is 3.78. The van der Waals surface area contributed by atoms with E-state index < -0.39 is 35.9 Å². The van der Waals surface area contributed by atoms with Crippen LogP contribution in [0.4, 0.5) is 48.3 Å². The van der Waals surface area contributed by atoms with Gasteiger partial charge in [0, 0.05) is 0 Å². The molecular weight excluding hydrogens is 293 g/mol. The maximum atomic E-state index is 12.8. The summed E-state index contributed by atoms with van der Waals surface area (Å²) < 4.78 is 133. The molecule has 108 valence electrons. The van der Waals surface area contributed by atoms with E-state index in [0.717, 1.165) is 0 Å². The third-order valence-corrected chi connectivity index (χ3v) is 1.89. The van der Waals surface area contributed by atoms with Gasteiger partial charge in [-0.25, -0.2) is 13.2 Å². The Balaban J connectivity index is 5.88. The summed E-state index contributed by atoms with van der Waals surface area (Å²) in [5.41, 5.74) is -10.2. The van der Waals surface area contributed by atoms with E-state index in [1.54, 1.807) is 0 Å². The summed E-state index contributed by atoms with van der Waals surface area (Å²) in [6, 6.07) is 0. The number of halogens is 11. The maximum Gasteiger partial charge on any atom is 0.434 e. The average Bonchev–Trinajstić information content (AvgIpc) is 2.11. The van der Waals surface area contributed by atoms with Crippen molar-refractivity contribution < 1.29 is 48.3 Å². The molecule has 0 fully saturated rings. The van der Waals surface area contributed by atoms with Gasteiger partial charge in [-0.15, -0.1) is 0 Å². The van der Waals surface area contributed by atoms with Crippen molar-refractivity contribution in [1.29, 1.82) is 0 Å². The highest BCUT2D eigenvalue weighted by Crippen LogP contribution is 2.54. The lowest BCUT2D eigenvalue weighted by molar-refractivity contribution is -0.332. The van der Waals surface area contributed by atoms with E-state index in [4.69, 9.17) is 0 Å². The standard InChI is InChI=1S/C7H3F11/c1-2(6(13,14)15)5(11,12)4(10,3(8)9)7(16,17)18/h3H,1H2.